The minimum absolute atomic E-state index is 0.0537. The van der Waals surface area contributed by atoms with Crippen LogP contribution in [-0.4, -0.2) is 54.2 Å². The lowest BCUT2D eigenvalue weighted by molar-refractivity contribution is -0.150. The lowest BCUT2D eigenvalue weighted by atomic mass is 9.88. The maximum Gasteiger partial charge on any atom is 0.308 e. The van der Waals surface area contributed by atoms with Gasteiger partial charge in [-0.25, -0.2) is 4.39 Å². The minimum atomic E-state index is -1.14. The first-order valence-electron chi connectivity index (χ1n) is 10.8. The van der Waals surface area contributed by atoms with Gasteiger partial charge in [0.15, 0.2) is 0 Å². The first kappa shape index (κ1) is 23.0. The van der Waals surface area contributed by atoms with Gasteiger partial charge in [0, 0.05) is 25.2 Å². The van der Waals surface area contributed by atoms with Gasteiger partial charge >= 0.3 is 5.97 Å². The van der Waals surface area contributed by atoms with Crippen LogP contribution >= 0.6 is 0 Å². The first-order valence-corrected chi connectivity index (χ1v) is 10.8. The van der Waals surface area contributed by atoms with Gasteiger partial charge in [-0.2, -0.15) is 0 Å². The number of imide groups is 1. The fourth-order valence-electron chi connectivity index (χ4n) is 3.88. The average molecular weight is 435 g/mol. The maximum absolute atomic E-state index is 14.8. The van der Waals surface area contributed by atoms with Gasteiger partial charge in [-0.3, -0.25) is 19.7 Å². The van der Waals surface area contributed by atoms with Crippen molar-refractivity contribution >= 4 is 29.2 Å². The Hall–Kier alpha value is -2.68. The lowest BCUT2D eigenvalue weighted by Crippen LogP contribution is -2.47. The highest BCUT2D eigenvalue weighted by molar-refractivity contribution is 6.01. The number of anilines is 2. The molecule has 2 amide bonds. The van der Waals surface area contributed by atoms with Crippen molar-refractivity contribution in [1.29, 1.82) is 0 Å². The van der Waals surface area contributed by atoms with E-state index < -0.39 is 29.3 Å². The van der Waals surface area contributed by atoms with Gasteiger partial charge in [0.05, 0.1) is 24.3 Å². The second-order valence-electron chi connectivity index (χ2n) is 8.28. The number of halogens is 1. The molecule has 9 heteroatoms. The van der Waals surface area contributed by atoms with Crippen LogP contribution in [0, 0.1) is 5.82 Å². The number of unbranched alkanes of at least 4 members (excludes halogenated alkanes) is 1. The molecule has 3 N–H and O–H groups in total. The molecule has 0 saturated carbocycles. The number of amides is 2. The van der Waals surface area contributed by atoms with Crippen molar-refractivity contribution in [3.63, 3.8) is 0 Å². The van der Waals surface area contributed by atoms with Gasteiger partial charge in [0.1, 0.15) is 11.9 Å². The van der Waals surface area contributed by atoms with Crippen molar-refractivity contribution in [2.45, 2.75) is 63.5 Å². The third-order valence-corrected chi connectivity index (χ3v) is 5.80. The molecule has 0 aromatic heterocycles. The smallest absolute Gasteiger partial charge is 0.308 e. The molecule has 1 unspecified atom stereocenters. The third kappa shape index (κ3) is 6.16. The zero-order chi connectivity index (χ0) is 22.4. The van der Waals surface area contributed by atoms with E-state index in [0.717, 1.165) is 12.8 Å². The molecule has 0 radical (unpaired) electrons. The van der Waals surface area contributed by atoms with Crippen molar-refractivity contribution < 1.29 is 28.6 Å². The number of aliphatic hydroxyl groups is 1. The summed E-state index contributed by atoms with van der Waals surface area (Å²) in [5.41, 5.74) is -0.274. The zero-order valence-electron chi connectivity index (χ0n) is 17.8. The van der Waals surface area contributed by atoms with Crippen LogP contribution < -0.4 is 15.5 Å². The van der Waals surface area contributed by atoms with Gasteiger partial charge in [-0.05, 0) is 43.9 Å². The summed E-state index contributed by atoms with van der Waals surface area (Å²) in [5.74, 6) is -1.56. The molecule has 1 aromatic carbocycles. The van der Waals surface area contributed by atoms with E-state index in [1.54, 1.807) is 12.1 Å². The average Bonchev–Trinajstić information content (AvgIpc) is 2.71. The summed E-state index contributed by atoms with van der Waals surface area (Å²) in [6.45, 7) is 3.20. The lowest BCUT2D eigenvalue weighted by Gasteiger charge is -2.39. The van der Waals surface area contributed by atoms with Crippen LogP contribution in [0.2, 0.25) is 0 Å². The molecule has 1 atom stereocenters. The highest BCUT2D eigenvalue weighted by Gasteiger charge is 2.35. The fraction of sp³-hybridized carbons (Fsp3) is 0.591. The van der Waals surface area contributed by atoms with Crippen LogP contribution in [0.5, 0.6) is 0 Å². The SMILES string of the molecule is CCCCOC(=O)CC1(O)CCN(c2ccc(NC3CCC(=O)NC3=O)cc2F)CC1. The number of nitrogens with zero attached hydrogens (tertiary/aromatic N) is 1. The van der Waals surface area contributed by atoms with Gasteiger partial charge in [-0.15, -0.1) is 0 Å². The van der Waals surface area contributed by atoms with E-state index in [2.05, 4.69) is 10.6 Å². The Balaban J connectivity index is 1.54. The molecule has 2 heterocycles. The Kier molecular flexibility index (Phi) is 7.48. The normalized spacial score (nSPS) is 20.9. The molecule has 2 aliphatic heterocycles. The fourth-order valence-corrected chi connectivity index (χ4v) is 3.88. The number of esters is 1. The number of carbonyl (C=O) groups is 3. The monoisotopic (exact) mass is 435 g/mol. The van der Waals surface area contributed by atoms with E-state index in [4.69, 9.17) is 4.74 Å². The Morgan fingerprint density at radius 2 is 2.10 bits per heavy atom. The van der Waals surface area contributed by atoms with Crippen molar-refractivity contribution in [3.8, 4) is 0 Å². The molecular weight excluding hydrogens is 405 g/mol. The summed E-state index contributed by atoms with van der Waals surface area (Å²) in [5, 5.41) is 15.9. The van der Waals surface area contributed by atoms with E-state index in [1.165, 1.54) is 6.07 Å². The molecule has 8 nitrogen and oxygen atoms in total. The number of hydrogen-bond acceptors (Lipinski definition) is 7. The van der Waals surface area contributed by atoms with Crippen LogP contribution in [0.1, 0.15) is 51.9 Å². The highest BCUT2D eigenvalue weighted by atomic mass is 19.1. The maximum atomic E-state index is 14.8. The summed E-state index contributed by atoms with van der Waals surface area (Å²) in [6.07, 6.45) is 2.96. The van der Waals surface area contributed by atoms with Crippen molar-refractivity contribution in [1.82, 2.24) is 5.32 Å². The summed E-state index contributed by atoms with van der Waals surface area (Å²) < 4.78 is 19.9. The minimum Gasteiger partial charge on any atom is -0.466 e. The molecular formula is C22H30FN3O5. The number of carbonyl (C=O) groups excluding carboxylic acids is 3. The number of hydrogen-bond donors (Lipinski definition) is 3. The number of rotatable bonds is 8. The number of benzene rings is 1. The predicted octanol–water partition coefficient (Wildman–Crippen LogP) is 2.11. The van der Waals surface area contributed by atoms with Crippen molar-refractivity contribution in [2.75, 3.05) is 29.9 Å². The summed E-state index contributed by atoms with van der Waals surface area (Å²) in [4.78, 5) is 36.9. The van der Waals surface area contributed by atoms with Crippen LogP contribution in [0.4, 0.5) is 15.8 Å². The van der Waals surface area contributed by atoms with E-state index in [1.807, 2.05) is 11.8 Å². The molecule has 31 heavy (non-hydrogen) atoms. The molecule has 170 valence electrons. The van der Waals surface area contributed by atoms with E-state index >= 15 is 0 Å². The van der Waals surface area contributed by atoms with Gasteiger partial charge in [-0.1, -0.05) is 13.3 Å². The van der Waals surface area contributed by atoms with E-state index in [-0.39, 0.29) is 18.7 Å². The third-order valence-electron chi connectivity index (χ3n) is 5.80. The molecule has 0 bridgehead atoms. The van der Waals surface area contributed by atoms with Gasteiger partial charge in [0.2, 0.25) is 11.8 Å². The van der Waals surface area contributed by atoms with Crippen molar-refractivity contribution in [2.24, 2.45) is 0 Å². The molecule has 0 spiro atoms. The second-order valence-corrected chi connectivity index (χ2v) is 8.28. The largest absolute Gasteiger partial charge is 0.466 e. The predicted molar refractivity (Wildman–Crippen MR) is 113 cm³/mol. The zero-order valence-corrected chi connectivity index (χ0v) is 17.8. The molecule has 3 rings (SSSR count). The topological polar surface area (TPSA) is 108 Å². The van der Waals surface area contributed by atoms with Crippen molar-refractivity contribution in [3.05, 3.63) is 24.0 Å². The Bertz CT molecular complexity index is 823. The molecule has 2 fully saturated rings. The Morgan fingerprint density at radius 3 is 2.74 bits per heavy atom. The highest BCUT2D eigenvalue weighted by Crippen LogP contribution is 2.31. The number of piperidine rings is 2. The molecule has 0 aliphatic carbocycles. The summed E-state index contributed by atoms with van der Waals surface area (Å²) in [6, 6.07) is 4.07. The van der Waals surface area contributed by atoms with E-state index in [0.29, 0.717) is 50.3 Å². The van der Waals surface area contributed by atoms with Gasteiger partial charge in [0.25, 0.3) is 0 Å². The Labute approximate surface area is 181 Å². The first-order chi connectivity index (χ1) is 14.8. The van der Waals surface area contributed by atoms with Crippen LogP contribution in [-0.2, 0) is 19.1 Å². The second kappa shape index (κ2) is 10.1. The van der Waals surface area contributed by atoms with Crippen LogP contribution in [0.15, 0.2) is 18.2 Å². The van der Waals surface area contributed by atoms with Gasteiger partial charge < -0.3 is 20.1 Å². The van der Waals surface area contributed by atoms with Crippen LogP contribution in [0.3, 0.4) is 0 Å². The molecule has 2 saturated heterocycles. The van der Waals surface area contributed by atoms with E-state index in [9.17, 15) is 23.9 Å². The Morgan fingerprint density at radius 1 is 1.35 bits per heavy atom. The molecule has 1 aromatic rings. The number of ether oxygens (including phenoxy) is 1. The van der Waals surface area contributed by atoms with Crippen LogP contribution in [0.25, 0.3) is 0 Å². The summed E-state index contributed by atoms with van der Waals surface area (Å²) >= 11 is 0. The quantitative estimate of drug-likeness (QED) is 0.326. The molecule has 2 aliphatic rings. The number of nitrogens with one attached hydrogen (secondary N) is 2. The summed E-state index contributed by atoms with van der Waals surface area (Å²) in [7, 11) is 0. The standard InChI is InChI=1S/C22H30FN3O5/c1-2-3-12-31-20(28)14-22(30)8-10-26(11-9-22)18-6-4-15(13-16(18)23)24-17-5-7-19(27)25-21(17)29/h4,6,13,17,24,30H,2-3,5,7-12,14H2,1H3,(H,25,27,29).